The molecule has 3 aliphatic heterocycles. The third kappa shape index (κ3) is 4.01. The number of aromatic amines is 1. The van der Waals surface area contributed by atoms with Gasteiger partial charge in [-0.3, -0.25) is 9.69 Å². The third-order valence-corrected chi connectivity index (χ3v) is 6.64. The van der Waals surface area contributed by atoms with Crippen molar-refractivity contribution in [1.29, 1.82) is 5.26 Å². The predicted octanol–water partition coefficient (Wildman–Crippen LogP) is 2.16. The van der Waals surface area contributed by atoms with Crippen molar-refractivity contribution in [3.05, 3.63) is 28.6 Å². The first-order valence-electron chi connectivity index (χ1n) is 11.1. The highest BCUT2D eigenvalue weighted by Gasteiger charge is 2.40. The van der Waals surface area contributed by atoms with Gasteiger partial charge in [0.05, 0.1) is 17.0 Å². The minimum Gasteiger partial charge on any atom is -0.366 e. The standard InChI is InChI=1S/C22H28N8O/c1-13-9-20(29-28-13)26-19-12-17-21(18(31)5-7-24-17)22(27-19)25-14-10-15-3-4-16(11-14)30(15)8-2-6-23/h5,7,12-16,28H,2-4,8-11H2,1H3,(H,24,31)(H2,25,26,27,29)/t13?,14?,15-,16+. The molecular weight excluding hydrogens is 392 g/mol. The van der Waals surface area contributed by atoms with Crippen molar-refractivity contribution in [3.8, 4) is 6.07 Å². The number of hydrogen-bond acceptors (Lipinski definition) is 7. The number of aromatic nitrogens is 2. The molecule has 0 spiro atoms. The van der Waals surface area contributed by atoms with Crippen molar-refractivity contribution in [3.63, 3.8) is 0 Å². The molecule has 0 radical (unpaired) electrons. The maximum Gasteiger partial charge on any atom is 0.193 e. The summed E-state index contributed by atoms with van der Waals surface area (Å²) in [4.78, 5) is 27.7. The highest BCUT2D eigenvalue weighted by Crippen LogP contribution is 2.37. The van der Waals surface area contributed by atoms with Gasteiger partial charge in [0.25, 0.3) is 0 Å². The van der Waals surface area contributed by atoms with E-state index >= 15 is 0 Å². The number of nitrogens with zero attached hydrogens (tertiary/aromatic N) is 4. The number of piperidine rings is 1. The fourth-order valence-corrected chi connectivity index (χ4v) is 5.29. The lowest BCUT2D eigenvalue weighted by Crippen LogP contribution is -2.47. The Kier molecular flexibility index (Phi) is 5.34. The molecule has 9 nitrogen and oxygen atoms in total. The number of amidine groups is 1. The minimum atomic E-state index is -0.0494. The summed E-state index contributed by atoms with van der Waals surface area (Å²) in [6, 6.07) is 7.20. The van der Waals surface area contributed by atoms with Gasteiger partial charge in [0, 0.05) is 61.9 Å². The summed E-state index contributed by atoms with van der Waals surface area (Å²) in [5, 5.41) is 13.1. The van der Waals surface area contributed by atoms with Gasteiger partial charge in [-0.15, -0.1) is 0 Å². The maximum absolute atomic E-state index is 12.7. The molecule has 2 aromatic heterocycles. The first-order valence-corrected chi connectivity index (χ1v) is 11.1. The van der Waals surface area contributed by atoms with E-state index in [1.807, 2.05) is 6.07 Å². The Labute approximate surface area is 180 Å². The molecule has 9 heteroatoms. The molecule has 3 saturated heterocycles. The van der Waals surface area contributed by atoms with Crippen LogP contribution in [0.2, 0.25) is 0 Å². The number of fused-ring (bicyclic) bond motifs is 3. The Hall–Kier alpha value is -2.96. The minimum absolute atomic E-state index is 0.0494. The van der Waals surface area contributed by atoms with Crippen molar-refractivity contribution in [1.82, 2.24) is 25.7 Å². The first-order chi connectivity index (χ1) is 15.1. The number of nitriles is 1. The quantitative estimate of drug-likeness (QED) is 0.585. The molecule has 3 aliphatic rings. The van der Waals surface area contributed by atoms with Crippen LogP contribution in [-0.2, 0) is 0 Å². The number of rotatable bonds is 5. The molecule has 4 N–H and O–H groups in total. The molecule has 2 aromatic rings. The van der Waals surface area contributed by atoms with E-state index in [1.165, 1.54) is 12.8 Å². The molecule has 4 atom stereocenters. The zero-order chi connectivity index (χ0) is 21.4. The van der Waals surface area contributed by atoms with Gasteiger partial charge in [0.2, 0.25) is 0 Å². The first kappa shape index (κ1) is 20.0. The van der Waals surface area contributed by atoms with E-state index in [1.54, 1.807) is 12.3 Å². The van der Waals surface area contributed by atoms with E-state index < -0.39 is 0 Å². The SMILES string of the molecule is CC1CC(=Nc2cc3[nH]ccc(=O)c3c(NC3C[C@H]4CC[C@@H](C3)N4CCC#N)n2)NN1. The van der Waals surface area contributed by atoms with E-state index in [0.29, 0.717) is 41.6 Å². The Morgan fingerprint density at radius 1 is 1.35 bits per heavy atom. The van der Waals surface area contributed by atoms with Gasteiger partial charge >= 0.3 is 0 Å². The Morgan fingerprint density at radius 3 is 2.87 bits per heavy atom. The van der Waals surface area contributed by atoms with Gasteiger partial charge in [-0.05, 0) is 32.6 Å². The molecule has 2 bridgehead atoms. The fourth-order valence-electron chi connectivity index (χ4n) is 5.29. The van der Waals surface area contributed by atoms with Crippen molar-refractivity contribution in [2.75, 3.05) is 11.9 Å². The normalized spacial score (nSPS) is 29.2. The van der Waals surface area contributed by atoms with Gasteiger partial charge in [0.1, 0.15) is 11.7 Å². The average Bonchev–Trinajstić information content (AvgIpc) is 3.25. The van der Waals surface area contributed by atoms with Gasteiger partial charge in [-0.2, -0.15) is 5.26 Å². The van der Waals surface area contributed by atoms with Gasteiger partial charge in [-0.1, -0.05) is 0 Å². The number of hydrogen-bond donors (Lipinski definition) is 4. The van der Waals surface area contributed by atoms with E-state index in [2.05, 4.69) is 44.0 Å². The van der Waals surface area contributed by atoms with Crippen LogP contribution in [0.25, 0.3) is 10.9 Å². The molecule has 31 heavy (non-hydrogen) atoms. The lowest BCUT2D eigenvalue weighted by molar-refractivity contribution is 0.136. The molecule has 0 amide bonds. The van der Waals surface area contributed by atoms with Crippen LogP contribution in [-0.4, -0.2) is 51.4 Å². The number of anilines is 1. The monoisotopic (exact) mass is 420 g/mol. The maximum atomic E-state index is 12.7. The van der Waals surface area contributed by atoms with Crippen molar-refractivity contribution >= 4 is 28.4 Å². The fraction of sp³-hybridized carbons (Fsp3) is 0.545. The lowest BCUT2D eigenvalue weighted by atomic mass is 9.97. The van der Waals surface area contributed by atoms with Crippen molar-refractivity contribution in [2.24, 2.45) is 4.99 Å². The van der Waals surface area contributed by atoms with Crippen LogP contribution >= 0.6 is 0 Å². The van der Waals surface area contributed by atoms with E-state index in [4.69, 9.17) is 10.2 Å². The third-order valence-electron chi connectivity index (χ3n) is 6.64. The van der Waals surface area contributed by atoms with Crippen LogP contribution in [0.15, 0.2) is 28.1 Å². The van der Waals surface area contributed by atoms with E-state index in [0.717, 1.165) is 37.2 Å². The lowest BCUT2D eigenvalue weighted by Gasteiger charge is -2.39. The van der Waals surface area contributed by atoms with E-state index in [9.17, 15) is 4.79 Å². The van der Waals surface area contributed by atoms with Crippen molar-refractivity contribution < 1.29 is 0 Å². The summed E-state index contributed by atoms with van der Waals surface area (Å²) in [6.45, 7) is 2.94. The number of hydrazine groups is 1. The highest BCUT2D eigenvalue weighted by molar-refractivity contribution is 5.92. The second-order valence-electron chi connectivity index (χ2n) is 8.87. The predicted molar refractivity (Wildman–Crippen MR) is 120 cm³/mol. The largest absolute Gasteiger partial charge is 0.366 e. The second-order valence-corrected chi connectivity index (χ2v) is 8.87. The number of nitrogens with one attached hydrogen (secondary N) is 4. The number of H-pyrrole nitrogens is 1. The summed E-state index contributed by atoms with van der Waals surface area (Å²) >= 11 is 0. The molecule has 5 heterocycles. The summed E-state index contributed by atoms with van der Waals surface area (Å²) in [7, 11) is 0. The van der Waals surface area contributed by atoms with Crippen LogP contribution in [0.5, 0.6) is 0 Å². The van der Waals surface area contributed by atoms with Crippen LogP contribution in [0, 0.1) is 11.3 Å². The molecule has 0 aromatic carbocycles. The summed E-state index contributed by atoms with van der Waals surface area (Å²) in [6.07, 6.45) is 7.39. The average molecular weight is 421 g/mol. The summed E-state index contributed by atoms with van der Waals surface area (Å²) < 4.78 is 0. The van der Waals surface area contributed by atoms with Crippen molar-refractivity contribution in [2.45, 2.75) is 69.6 Å². The van der Waals surface area contributed by atoms with Gasteiger partial charge in [0.15, 0.2) is 11.2 Å². The van der Waals surface area contributed by atoms with Crippen LogP contribution in [0.3, 0.4) is 0 Å². The van der Waals surface area contributed by atoms with Crippen LogP contribution in [0.1, 0.15) is 45.4 Å². The molecule has 0 saturated carbocycles. The molecule has 3 fully saturated rings. The molecule has 162 valence electrons. The number of aliphatic imine (C=N–C) groups is 1. The Bertz CT molecular complexity index is 1090. The Balaban J connectivity index is 1.43. The van der Waals surface area contributed by atoms with Crippen LogP contribution in [0.4, 0.5) is 11.6 Å². The number of pyridine rings is 2. The molecular formula is C22H28N8O. The van der Waals surface area contributed by atoms with Gasteiger partial charge < -0.3 is 15.7 Å². The second kappa shape index (κ2) is 8.29. The van der Waals surface area contributed by atoms with E-state index in [-0.39, 0.29) is 11.5 Å². The zero-order valence-corrected chi connectivity index (χ0v) is 17.7. The summed E-state index contributed by atoms with van der Waals surface area (Å²) in [5.41, 5.74) is 6.93. The highest BCUT2D eigenvalue weighted by atomic mass is 16.1. The summed E-state index contributed by atoms with van der Waals surface area (Å²) in [5.74, 6) is 2.02. The van der Waals surface area contributed by atoms with Crippen LogP contribution < -0.4 is 21.6 Å². The topological polar surface area (TPSA) is 121 Å². The smallest absolute Gasteiger partial charge is 0.193 e. The zero-order valence-electron chi connectivity index (χ0n) is 17.7. The van der Waals surface area contributed by atoms with Gasteiger partial charge in [-0.25, -0.2) is 15.4 Å². The molecule has 2 unspecified atom stereocenters. The molecule has 0 aliphatic carbocycles. The molecule has 5 rings (SSSR count). The Morgan fingerprint density at radius 2 is 2.16 bits per heavy atom.